The summed E-state index contributed by atoms with van der Waals surface area (Å²) in [5.74, 6) is 1.92. The topological polar surface area (TPSA) is 121 Å². The lowest BCUT2D eigenvalue weighted by molar-refractivity contribution is 0.172. The van der Waals surface area contributed by atoms with Crippen LogP contribution in [-0.2, 0) is 10.2 Å². The summed E-state index contributed by atoms with van der Waals surface area (Å²) in [5.41, 5.74) is 6.71. The van der Waals surface area contributed by atoms with E-state index >= 15 is 0 Å². The number of fused-ring (bicyclic) bond motifs is 1. The summed E-state index contributed by atoms with van der Waals surface area (Å²) < 4.78 is 35.2. The second-order valence-corrected chi connectivity index (χ2v) is 8.88. The second kappa shape index (κ2) is 7.75. The molecular formula is C18H27N5O3S. The lowest BCUT2D eigenvalue weighted by Gasteiger charge is -2.35. The van der Waals surface area contributed by atoms with Gasteiger partial charge in [-0.3, -0.25) is 10.1 Å². The maximum atomic E-state index is 11.7. The number of hydrogen-bond acceptors (Lipinski definition) is 5. The summed E-state index contributed by atoms with van der Waals surface area (Å²) in [6.07, 6.45) is 2.86. The average Bonchev–Trinajstić information content (AvgIpc) is 2.58. The molecule has 1 aromatic rings. The van der Waals surface area contributed by atoms with Gasteiger partial charge < -0.3 is 15.4 Å². The molecule has 0 aliphatic carbocycles. The van der Waals surface area contributed by atoms with Crippen LogP contribution in [-0.4, -0.2) is 44.7 Å². The van der Waals surface area contributed by atoms with E-state index in [-0.39, 0.29) is 5.84 Å². The van der Waals surface area contributed by atoms with Crippen molar-refractivity contribution in [1.29, 1.82) is 5.41 Å². The molecule has 0 amide bonds. The van der Waals surface area contributed by atoms with Crippen LogP contribution in [0.3, 0.4) is 0 Å². The van der Waals surface area contributed by atoms with E-state index < -0.39 is 10.2 Å². The van der Waals surface area contributed by atoms with Crippen molar-refractivity contribution in [3.05, 3.63) is 23.8 Å². The Bertz CT molecular complexity index is 851. The average molecular weight is 394 g/mol. The molecule has 1 atom stereocenters. The van der Waals surface area contributed by atoms with Gasteiger partial charge in [0.1, 0.15) is 5.75 Å². The van der Waals surface area contributed by atoms with Gasteiger partial charge in [0.15, 0.2) is 5.84 Å². The number of piperidine rings is 1. The number of nitrogens with two attached hydrogens (primary N) is 1. The molecule has 8 nitrogen and oxygen atoms in total. The molecule has 27 heavy (non-hydrogen) atoms. The van der Waals surface area contributed by atoms with E-state index in [0.29, 0.717) is 41.3 Å². The van der Waals surface area contributed by atoms with Crippen molar-refractivity contribution in [3.63, 3.8) is 0 Å². The standard InChI is InChI=1S/C18H27N5O3S/c1-12(2)9-16(19)23-8-4-5-13(10-23)11-26-15-7-3-6-14-17(15)18(20)22-27(24,25)21-14/h3,6-7,12-13,19,21H,4-5,8-11H2,1-2H3,(H2,20,22). The van der Waals surface area contributed by atoms with E-state index in [0.717, 1.165) is 32.4 Å². The molecule has 3 rings (SSSR count). The summed E-state index contributed by atoms with van der Waals surface area (Å²) in [4.78, 5) is 2.14. The number of amidine groups is 2. The molecule has 0 bridgehead atoms. The Morgan fingerprint density at radius 3 is 3.00 bits per heavy atom. The zero-order chi connectivity index (χ0) is 19.6. The maximum Gasteiger partial charge on any atom is 0.344 e. The van der Waals surface area contributed by atoms with E-state index in [1.54, 1.807) is 18.2 Å². The van der Waals surface area contributed by atoms with Crippen LogP contribution in [0.2, 0.25) is 0 Å². The van der Waals surface area contributed by atoms with Crippen molar-refractivity contribution in [1.82, 2.24) is 4.90 Å². The summed E-state index contributed by atoms with van der Waals surface area (Å²) in [6, 6.07) is 5.12. The van der Waals surface area contributed by atoms with Crippen LogP contribution in [0.5, 0.6) is 5.75 Å². The molecule has 1 unspecified atom stereocenters. The van der Waals surface area contributed by atoms with Crippen LogP contribution in [0, 0.1) is 17.2 Å². The van der Waals surface area contributed by atoms with E-state index in [1.165, 1.54) is 0 Å². The van der Waals surface area contributed by atoms with Crippen molar-refractivity contribution in [3.8, 4) is 5.75 Å². The predicted molar refractivity (Wildman–Crippen MR) is 107 cm³/mol. The van der Waals surface area contributed by atoms with Gasteiger partial charge in [-0.1, -0.05) is 19.9 Å². The Hall–Kier alpha value is -2.29. The minimum atomic E-state index is -3.80. The lowest BCUT2D eigenvalue weighted by Crippen LogP contribution is -2.41. The number of benzene rings is 1. The maximum absolute atomic E-state index is 11.7. The highest BCUT2D eigenvalue weighted by atomic mass is 32.2. The molecular weight excluding hydrogens is 366 g/mol. The molecule has 2 aliphatic rings. The fraction of sp³-hybridized carbons (Fsp3) is 0.556. The molecule has 0 spiro atoms. The molecule has 0 aromatic heterocycles. The first kappa shape index (κ1) is 19.5. The normalized spacial score (nSPS) is 21.2. The van der Waals surface area contributed by atoms with Crippen molar-refractivity contribution in [2.75, 3.05) is 24.4 Å². The van der Waals surface area contributed by atoms with Gasteiger partial charge in [0, 0.05) is 25.4 Å². The van der Waals surface area contributed by atoms with Crippen molar-refractivity contribution >= 4 is 27.6 Å². The molecule has 1 aromatic carbocycles. The minimum Gasteiger partial charge on any atom is -0.492 e. The fourth-order valence-electron chi connectivity index (χ4n) is 3.51. The highest BCUT2D eigenvalue weighted by Gasteiger charge is 2.26. The van der Waals surface area contributed by atoms with Gasteiger partial charge in [0.25, 0.3) is 0 Å². The van der Waals surface area contributed by atoms with Gasteiger partial charge in [-0.05, 0) is 30.9 Å². The van der Waals surface area contributed by atoms with E-state index in [1.807, 2.05) is 0 Å². The third-order valence-corrected chi connectivity index (χ3v) is 5.63. The smallest absolute Gasteiger partial charge is 0.344 e. The zero-order valence-electron chi connectivity index (χ0n) is 15.7. The first-order valence-electron chi connectivity index (χ1n) is 9.22. The Morgan fingerprint density at radius 2 is 2.26 bits per heavy atom. The van der Waals surface area contributed by atoms with Crippen molar-refractivity contribution < 1.29 is 13.2 Å². The van der Waals surface area contributed by atoms with Gasteiger partial charge in [0.05, 0.1) is 23.7 Å². The largest absolute Gasteiger partial charge is 0.492 e. The zero-order valence-corrected chi connectivity index (χ0v) is 16.6. The Balaban J connectivity index is 1.67. The number of rotatable bonds is 5. The summed E-state index contributed by atoms with van der Waals surface area (Å²) in [6.45, 7) is 6.46. The second-order valence-electron chi connectivity index (χ2n) is 7.54. The highest BCUT2D eigenvalue weighted by molar-refractivity contribution is 7.91. The molecule has 2 aliphatic heterocycles. The number of hydrogen-bond donors (Lipinski definition) is 3. The van der Waals surface area contributed by atoms with Gasteiger partial charge in [-0.2, -0.15) is 8.42 Å². The van der Waals surface area contributed by atoms with Gasteiger partial charge in [-0.15, -0.1) is 4.40 Å². The molecule has 9 heteroatoms. The summed E-state index contributed by atoms with van der Waals surface area (Å²) in [5, 5.41) is 8.28. The molecule has 1 saturated heterocycles. The fourth-order valence-corrected chi connectivity index (χ4v) is 4.35. The molecule has 1 fully saturated rings. The van der Waals surface area contributed by atoms with E-state index in [4.69, 9.17) is 15.9 Å². The number of ether oxygens (including phenoxy) is 1. The van der Waals surface area contributed by atoms with Crippen LogP contribution in [0.4, 0.5) is 5.69 Å². The van der Waals surface area contributed by atoms with Crippen molar-refractivity contribution in [2.24, 2.45) is 22.0 Å². The van der Waals surface area contributed by atoms with E-state index in [2.05, 4.69) is 27.9 Å². The number of nitrogens with one attached hydrogen (secondary N) is 2. The first-order chi connectivity index (χ1) is 12.7. The quantitative estimate of drug-likeness (QED) is 0.523. The van der Waals surface area contributed by atoms with Crippen LogP contribution in [0.25, 0.3) is 0 Å². The molecule has 4 N–H and O–H groups in total. The summed E-state index contributed by atoms with van der Waals surface area (Å²) >= 11 is 0. The SMILES string of the molecule is CC(C)CC(=N)N1CCCC(COc2cccc3c2C(N)=NS(=O)(=O)N3)C1. The molecule has 2 heterocycles. The van der Waals surface area contributed by atoms with Gasteiger partial charge in [-0.25, -0.2) is 0 Å². The van der Waals surface area contributed by atoms with Gasteiger partial charge in [0.2, 0.25) is 0 Å². The molecule has 0 saturated carbocycles. The number of nitrogens with zero attached hydrogens (tertiary/aromatic N) is 2. The predicted octanol–water partition coefficient (Wildman–Crippen LogP) is 2.18. The monoisotopic (exact) mass is 393 g/mol. The molecule has 148 valence electrons. The Kier molecular flexibility index (Phi) is 5.59. The van der Waals surface area contributed by atoms with Crippen LogP contribution in [0.15, 0.2) is 22.6 Å². The van der Waals surface area contributed by atoms with Crippen LogP contribution in [0.1, 0.15) is 38.7 Å². The minimum absolute atomic E-state index is 0.0664. The summed E-state index contributed by atoms with van der Waals surface area (Å²) in [7, 11) is -3.80. The lowest BCUT2D eigenvalue weighted by atomic mass is 9.97. The third kappa shape index (κ3) is 4.71. The van der Waals surface area contributed by atoms with Crippen LogP contribution >= 0.6 is 0 Å². The van der Waals surface area contributed by atoms with E-state index in [9.17, 15) is 8.42 Å². The highest BCUT2D eigenvalue weighted by Crippen LogP contribution is 2.31. The molecule has 0 radical (unpaired) electrons. The van der Waals surface area contributed by atoms with Crippen molar-refractivity contribution in [2.45, 2.75) is 33.1 Å². The number of anilines is 1. The van der Waals surface area contributed by atoms with Gasteiger partial charge >= 0.3 is 10.2 Å². The van der Waals surface area contributed by atoms with Crippen LogP contribution < -0.4 is 15.2 Å². The number of likely N-dealkylation sites (tertiary alicyclic amines) is 1. The Morgan fingerprint density at radius 1 is 1.48 bits per heavy atom. The Labute approximate surface area is 160 Å². The third-order valence-electron chi connectivity index (χ3n) is 4.72. The first-order valence-corrected chi connectivity index (χ1v) is 10.7.